The minimum absolute atomic E-state index is 0.0125. The van der Waals surface area contributed by atoms with Crippen LogP contribution in [0.3, 0.4) is 0 Å². The Morgan fingerprint density at radius 1 is 1.20 bits per heavy atom. The maximum atomic E-state index is 12.5. The van der Waals surface area contributed by atoms with Crippen LogP contribution in [0, 0.1) is 6.92 Å². The number of aryl methyl sites for hydroxylation is 1. The first kappa shape index (κ1) is 20.0. The topological polar surface area (TPSA) is 65.1 Å². The van der Waals surface area contributed by atoms with Crippen molar-refractivity contribution in [2.75, 3.05) is 0 Å². The van der Waals surface area contributed by atoms with Gasteiger partial charge in [-0.2, -0.15) is 0 Å². The molecule has 1 saturated carbocycles. The first-order chi connectivity index (χ1) is 14.7. The zero-order valence-corrected chi connectivity index (χ0v) is 19.2. The lowest BCUT2D eigenvalue weighted by molar-refractivity contribution is 0.330. The molecule has 9 heteroatoms. The molecule has 0 saturated heterocycles. The van der Waals surface area contributed by atoms with Gasteiger partial charge in [-0.25, -0.2) is 4.98 Å². The highest BCUT2D eigenvalue weighted by molar-refractivity contribution is 7.98. The molecule has 0 bridgehead atoms. The molecule has 6 nitrogen and oxygen atoms in total. The average Bonchev–Trinajstić information content (AvgIpc) is 3.49. The molecule has 0 radical (unpaired) electrons. The summed E-state index contributed by atoms with van der Waals surface area (Å²) in [7, 11) is 0. The van der Waals surface area contributed by atoms with Crippen molar-refractivity contribution in [1.29, 1.82) is 0 Å². The van der Waals surface area contributed by atoms with Crippen LogP contribution in [0.15, 0.2) is 38.9 Å². The van der Waals surface area contributed by atoms with E-state index in [1.54, 1.807) is 33.6 Å². The van der Waals surface area contributed by atoms with E-state index >= 15 is 0 Å². The fraction of sp³-hybridized carbons (Fsp3) is 0.429. The predicted octanol–water partition coefficient (Wildman–Crippen LogP) is 5.11. The molecule has 0 spiro atoms. The van der Waals surface area contributed by atoms with E-state index in [9.17, 15) is 4.79 Å². The average molecular weight is 458 g/mol. The Hall–Kier alpha value is -1.97. The summed E-state index contributed by atoms with van der Waals surface area (Å²) in [6.45, 7) is 1.93. The van der Waals surface area contributed by atoms with Gasteiger partial charge in [-0.1, -0.05) is 37.1 Å². The van der Waals surface area contributed by atoms with Gasteiger partial charge in [0.15, 0.2) is 10.1 Å². The van der Waals surface area contributed by atoms with E-state index in [1.165, 1.54) is 48.3 Å². The molecule has 30 heavy (non-hydrogen) atoms. The molecule has 0 aliphatic heterocycles. The summed E-state index contributed by atoms with van der Waals surface area (Å²) in [4.78, 5) is 19.2. The summed E-state index contributed by atoms with van der Waals surface area (Å²) in [6, 6.07) is 6.36. The van der Waals surface area contributed by atoms with Gasteiger partial charge in [0.2, 0.25) is 0 Å². The minimum Gasteiger partial charge on any atom is -0.303 e. The Bertz CT molecular complexity index is 1200. The van der Waals surface area contributed by atoms with Crippen LogP contribution in [0.4, 0.5) is 0 Å². The lowest BCUT2D eigenvalue weighted by Crippen LogP contribution is -2.17. The van der Waals surface area contributed by atoms with Gasteiger partial charge < -0.3 is 4.57 Å². The Balaban J connectivity index is 1.42. The molecule has 156 valence electrons. The summed E-state index contributed by atoms with van der Waals surface area (Å²) in [6.07, 6.45) is 7.03. The molecule has 1 aliphatic carbocycles. The Morgan fingerprint density at radius 3 is 2.87 bits per heavy atom. The number of thiazole rings is 1. The molecular weight excluding hydrogens is 434 g/mol. The second kappa shape index (κ2) is 8.64. The van der Waals surface area contributed by atoms with Gasteiger partial charge in [0.1, 0.15) is 5.82 Å². The maximum Gasteiger partial charge on any atom is 0.258 e. The van der Waals surface area contributed by atoms with E-state index in [4.69, 9.17) is 0 Å². The van der Waals surface area contributed by atoms with E-state index in [1.807, 2.05) is 12.3 Å². The molecule has 4 aromatic rings. The Labute approximate surface area is 187 Å². The highest BCUT2D eigenvalue weighted by Crippen LogP contribution is 2.34. The first-order valence-corrected chi connectivity index (χ1v) is 13.0. The van der Waals surface area contributed by atoms with Crippen LogP contribution < -0.4 is 5.56 Å². The zero-order chi connectivity index (χ0) is 20.5. The molecule has 0 unspecified atom stereocenters. The quantitative estimate of drug-likeness (QED) is 0.377. The lowest BCUT2D eigenvalue weighted by Gasteiger charge is -2.25. The van der Waals surface area contributed by atoms with E-state index in [0.717, 1.165) is 33.8 Å². The van der Waals surface area contributed by atoms with Crippen LogP contribution in [0.25, 0.3) is 4.96 Å². The minimum atomic E-state index is -0.0125. The molecule has 5 rings (SSSR count). The van der Waals surface area contributed by atoms with E-state index in [-0.39, 0.29) is 5.56 Å². The van der Waals surface area contributed by atoms with Gasteiger partial charge in [-0.3, -0.25) is 9.20 Å². The molecule has 0 aromatic carbocycles. The van der Waals surface area contributed by atoms with Gasteiger partial charge in [-0.15, -0.1) is 32.9 Å². The van der Waals surface area contributed by atoms with Gasteiger partial charge in [0.25, 0.3) is 5.56 Å². The monoisotopic (exact) mass is 457 g/mol. The third kappa shape index (κ3) is 3.98. The number of fused-ring (bicyclic) bond motifs is 1. The van der Waals surface area contributed by atoms with Crippen molar-refractivity contribution in [3.63, 3.8) is 0 Å². The van der Waals surface area contributed by atoms with Gasteiger partial charge in [0.05, 0.1) is 5.69 Å². The van der Waals surface area contributed by atoms with E-state index < -0.39 is 0 Å². The number of hydrogen-bond donors (Lipinski definition) is 0. The smallest absolute Gasteiger partial charge is 0.258 e. The second-order valence-corrected chi connectivity index (χ2v) is 10.5. The molecule has 1 aliphatic rings. The summed E-state index contributed by atoms with van der Waals surface area (Å²) < 4.78 is 4.03. The van der Waals surface area contributed by atoms with E-state index in [2.05, 4.69) is 37.3 Å². The summed E-state index contributed by atoms with van der Waals surface area (Å²) in [5, 5.41) is 14.1. The summed E-state index contributed by atoms with van der Waals surface area (Å²) >= 11 is 4.91. The van der Waals surface area contributed by atoms with Gasteiger partial charge in [-0.05, 0) is 31.2 Å². The normalized spacial score (nSPS) is 15.2. The van der Waals surface area contributed by atoms with Gasteiger partial charge in [0, 0.05) is 40.2 Å². The molecule has 1 fully saturated rings. The highest BCUT2D eigenvalue weighted by atomic mass is 32.2. The molecular formula is C21H23N5OS3. The molecule has 0 N–H and O–H groups in total. The van der Waals surface area contributed by atoms with Crippen LogP contribution >= 0.6 is 34.4 Å². The number of nitrogens with zero attached hydrogens (tertiary/aromatic N) is 5. The predicted molar refractivity (Wildman–Crippen MR) is 123 cm³/mol. The van der Waals surface area contributed by atoms with Crippen LogP contribution in [-0.4, -0.2) is 24.1 Å². The van der Waals surface area contributed by atoms with Crippen LogP contribution in [-0.2, 0) is 12.2 Å². The number of thiophene rings is 1. The van der Waals surface area contributed by atoms with Crippen molar-refractivity contribution in [3.05, 3.63) is 61.4 Å². The first-order valence-electron chi connectivity index (χ1n) is 10.2. The Kier molecular flexibility index (Phi) is 5.75. The third-order valence-corrected chi connectivity index (χ3v) is 8.36. The van der Waals surface area contributed by atoms with Crippen molar-refractivity contribution < 1.29 is 0 Å². The largest absolute Gasteiger partial charge is 0.303 e. The lowest BCUT2D eigenvalue weighted by atomic mass is 9.95. The van der Waals surface area contributed by atoms with Crippen LogP contribution in [0.1, 0.15) is 60.2 Å². The number of thioether (sulfide) groups is 1. The van der Waals surface area contributed by atoms with E-state index in [0.29, 0.717) is 11.8 Å². The molecule has 4 heterocycles. The fourth-order valence-corrected chi connectivity index (χ4v) is 6.62. The number of rotatable bonds is 6. The van der Waals surface area contributed by atoms with Crippen molar-refractivity contribution in [3.8, 4) is 0 Å². The van der Waals surface area contributed by atoms with Crippen molar-refractivity contribution >= 4 is 39.4 Å². The SMILES string of the molecule is Cc1csc2nc(CSc3nnc(Cc4cccs4)n3C3CCCCC3)cc(=O)n12. The molecule has 4 aromatic heterocycles. The summed E-state index contributed by atoms with van der Waals surface area (Å²) in [5.74, 6) is 1.66. The van der Waals surface area contributed by atoms with Crippen molar-refractivity contribution in [1.82, 2.24) is 24.1 Å². The van der Waals surface area contributed by atoms with Gasteiger partial charge >= 0.3 is 0 Å². The second-order valence-electron chi connectivity index (χ2n) is 7.69. The van der Waals surface area contributed by atoms with Crippen molar-refractivity contribution in [2.24, 2.45) is 0 Å². The van der Waals surface area contributed by atoms with Crippen LogP contribution in [0.2, 0.25) is 0 Å². The highest BCUT2D eigenvalue weighted by Gasteiger charge is 2.23. The third-order valence-electron chi connectivity index (χ3n) is 5.57. The number of aromatic nitrogens is 5. The van der Waals surface area contributed by atoms with Crippen LogP contribution in [0.5, 0.6) is 0 Å². The standard InChI is InChI=1S/C21H23N5OS3/c1-14-12-29-20-22-15(10-19(27)25(14)20)13-30-21-24-23-18(11-17-8-5-9-28-17)26(21)16-6-3-2-4-7-16/h5,8-10,12,16H,2-4,6-7,11,13H2,1H3. The molecule has 0 atom stereocenters. The van der Waals surface area contributed by atoms with Crippen molar-refractivity contribution in [2.45, 2.75) is 62.4 Å². The maximum absolute atomic E-state index is 12.5. The molecule has 0 amide bonds. The zero-order valence-electron chi connectivity index (χ0n) is 16.8. The summed E-state index contributed by atoms with van der Waals surface area (Å²) in [5.41, 5.74) is 1.72. The fourth-order valence-electron chi connectivity index (χ4n) is 4.11. The Morgan fingerprint density at radius 2 is 2.07 bits per heavy atom. The number of hydrogen-bond acceptors (Lipinski definition) is 7.